The van der Waals surface area contributed by atoms with Gasteiger partial charge in [0.2, 0.25) is 0 Å². The van der Waals surface area contributed by atoms with Crippen molar-refractivity contribution in [2.75, 3.05) is 0 Å². The molecule has 0 saturated heterocycles. The van der Waals surface area contributed by atoms with Gasteiger partial charge in [-0.3, -0.25) is 4.79 Å². The molecule has 1 atom stereocenters. The maximum absolute atomic E-state index is 11.9. The first kappa shape index (κ1) is 10.5. The Hall–Kier alpha value is -2.04. The molecular weight excluding hydrogens is 204 g/mol. The molecule has 0 aliphatic rings. The summed E-state index contributed by atoms with van der Waals surface area (Å²) in [6.45, 7) is 1.89. The van der Waals surface area contributed by atoms with Crippen molar-refractivity contribution in [3.8, 4) is 0 Å². The number of hydrogen-bond acceptors (Lipinski definition) is 2. The standard InChI is InChI=1S/C11H14N4O/c1-8(10-12-5-6-13-10)14-11(16)9-4-3-7-15(9)2/h3-8H,1-2H3,(H,12,13)(H,14,16). The van der Waals surface area contributed by atoms with Gasteiger partial charge in [0, 0.05) is 25.6 Å². The largest absolute Gasteiger partial charge is 0.347 e. The maximum Gasteiger partial charge on any atom is 0.268 e. The van der Waals surface area contributed by atoms with Gasteiger partial charge in [0.05, 0.1) is 6.04 Å². The molecule has 0 aromatic carbocycles. The second kappa shape index (κ2) is 4.22. The molecule has 0 saturated carbocycles. The quantitative estimate of drug-likeness (QED) is 0.814. The van der Waals surface area contributed by atoms with Crippen LogP contribution < -0.4 is 5.32 Å². The lowest BCUT2D eigenvalue weighted by atomic mass is 10.3. The topological polar surface area (TPSA) is 62.7 Å². The average molecular weight is 218 g/mol. The van der Waals surface area contributed by atoms with E-state index in [4.69, 9.17) is 0 Å². The number of rotatable bonds is 3. The number of imidazole rings is 1. The summed E-state index contributed by atoms with van der Waals surface area (Å²) in [6.07, 6.45) is 5.24. The highest BCUT2D eigenvalue weighted by Crippen LogP contribution is 2.07. The number of hydrogen-bond donors (Lipinski definition) is 2. The van der Waals surface area contributed by atoms with Gasteiger partial charge in [-0.05, 0) is 19.1 Å². The van der Waals surface area contributed by atoms with E-state index in [9.17, 15) is 4.79 Å². The molecule has 2 rings (SSSR count). The number of nitrogens with zero attached hydrogens (tertiary/aromatic N) is 2. The maximum atomic E-state index is 11.9. The van der Waals surface area contributed by atoms with Crippen molar-refractivity contribution < 1.29 is 4.79 Å². The van der Waals surface area contributed by atoms with Crippen LogP contribution in [0.25, 0.3) is 0 Å². The molecule has 0 radical (unpaired) electrons. The zero-order valence-electron chi connectivity index (χ0n) is 9.27. The Morgan fingerprint density at radius 2 is 2.44 bits per heavy atom. The van der Waals surface area contributed by atoms with Crippen LogP contribution in [-0.4, -0.2) is 20.4 Å². The van der Waals surface area contributed by atoms with E-state index in [1.54, 1.807) is 23.0 Å². The Morgan fingerprint density at radius 3 is 3.00 bits per heavy atom. The summed E-state index contributed by atoms with van der Waals surface area (Å²) in [5.74, 6) is 0.652. The Kier molecular flexibility index (Phi) is 2.76. The molecule has 2 N–H and O–H groups in total. The van der Waals surface area contributed by atoms with E-state index in [0.717, 1.165) is 5.82 Å². The minimum absolute atomic E-state index is 0.101. The van der Waals surface area contributed by atoms with E-state index in [1.165, 1.54) is 0 Å². The van der Waals surface area contributed by atoms with E-state index < -0.39 is 0 Å². The monoisotopic (exact) mass is 218 g/mol. The van der Waals surface area contributed by atoms with Gasteiger partial charge in [-0.15, -0.1) is 0 Å². The van der Waals surface area contributed by atoms with Crippen molar-refractivity contribution in [3.63, 3.8) is 0 Å². The summed E-state index contributed by atoms with van der Waals surface area (Å²) in [7, 11) is 1.84. The first-order valence-corrected chi connectivity index (χ1v) is 5.10. The third-order valence-electron chi connectivity index (χ3n) is 2.45. The van der Waals surface area contributed by atoms with Crippen molar-refractivity contribution in [2.24, 2.45) is 7.05 Å². The summed E-state index contributed by atoms with van der Waals surface area (Å²) in [5, 5.41) is 2.87. The lowest BCUT2D eigenvalue weighted by Gasteiger charge is -2.11. The number of aromatic amines is 1. The van der Waals surface area contributed by atoms with Crippen LogP contribution in [0, 0.1) is 0 Å². The highest BCUT2D eigenvalue weighted by atomic mass is 16.2. The number of aromatic nitrogens is 3. The van der Waals surface area contributed by atoms with E-state index in [1.807, 2.05) is 26.2 Å². The van der Waals surface area contributed by atoms with E-state index in [0.29, 0.717) is 5.69 Å². The van der Waals surface area contributed by atoms with Crippen LogP contribution in [0.1, 0.15) is 29.3 Å². The smallest absolute Gasteiger partial charge is 0.268 e. The van der Waals surface area contributed by atoms with Crippen LogP contribution in [0.4, 0.5) is 0 Å². The molecule has 0 bridgehead atoms. The third kappa shape index (κ3) is 1.98. The fourth-order valence-corrected chi connectivity index (χ4v) is 1.55. The summed E-state index contributed by atoms with van der Waals surface area (Å²) in [6, 6.07) is 3.49. The Morgan fingerprint density at radius 1 is 1.62 bits per heavy atom. The highest BCUT2D eigenvalue weighted by molar-refractivity contribution is 5.92. The van der Waals surface area contributed by atoms with E-state index in [2.05, 4.69) is 15.3 Å². The summed E-state index contributed by atoms with van der Waals surface area (Å²) < 4.78 is 1.78. The molecule has 2 heterocycles. The minimum Gasteiger partial charge on any atom is -0.347 e. The van der Waals surface area contributed by atoms with Crippen molar-refractivity contribution in [3.05, 3.63) is 42.2 Å². The van der Waals surface area contributed by atoms with Crippen molar-refractivity contribution in [2.45, 2.75) is 13.0 Å². The zero-order valence-corrected chi connectivity index (χ0v) is 9.27. The van der Waals surface area contributed by atoms with Crippen LogP contribution in [0.2, 0.25) is 0 Å². The molecular formula is C11H14N4O. The zero-order chi connectivity index (χ0) is 11.5. The Labute approximate surface area is 93.5 Å². The first-order valence-electron chi connectivity index (χ1n) is 5.10. The molecule has 0 fully saturated rings. The second-order valence-corrected chi connectivity index (χ2v) is 3.67. The van der Waals surface area contributed by atoms with Crippen LogP contribution in [0.3, 0.4) is 0 Å². The van der Waals surface area contributed by atoms with Gasteiger partial charge in [0.25, 0.3) is 5.91 Å². The van der Waals surface area contributed by atoms with Crippen molar-refractivity contribution >= 4 is 5.91 Å². The van der Waals surface area contributed by atoms with Gasteiger partial charge in [-0.2, -0.15) is 0 Å². The predicted molar refractivity (Wildman–Crippen MR) is 59.9 cm³/mol. The molecule has 0 aliphatic heterocycles. The normalized spacial score (nSPS) is 12.4. The summed E-state index contributed by atoms with van der Waals surface area (Å²) >= 11 is 0. The van der Waals surface area contributed by atoms with Gasteiger partial charge in [-0.25, -0.2) is 4.98 Å². The molecule has 1 amide bonds. The van der Waals surface area contributed by atoms with Crippen molar-refractivity contribution in [1.29, 1.82) is 0 Å². The highest BCUT2D eigenvalue weighted by Gasteiger charge is 2.14. The Bertz CT molecular complexity index is 472. The molecule has 84 valence electrons. The first-order chi connectivity index (χ1) is 7.68. The van der Waals surface area contributed by atoms with Crippen LogP contribution >= 0.6 is 0 Å². The number of nitrogens with one attached hydrogen (secondary N) is 2. The van der Waals surface area contributed by atoms with E-state index >= 15 is 0 Å². The fraction of sp³-hybridized carbons (Fsp3) is 0.273. The minimum atomic E-state index is -0.127. The molecule has 2 aromatic rings. The fourth-order valence-electron chi connectivity index (χ4n) is 1.55. The van der Waals surface area contributed by atoms with Crippen LogP contribution in [0.15, 0.2) is 30.7 Å². The number of carbonyl (C=O) groups is 1. The van der Waals surface area contributed by atoms with Gasteiger partial charge in [-0.1, -0.05) is 0 Å². The van der Waals surface area contributed by atoms with Crippen LogP contribution in [0.5, 0.6) is 0 Å². The number of amides is 1. The number of aryl methyl sites for hydroxylation is 1. The average Bonchev–Trinajstić information content (AvgIpc) is 2.86. The van der Waals surface area contributed by atoms with Gasteiger partial charge in [0.15, 0.2) is 0 Å². The van der Waals surface area contributed by atoms with Crippen molar-refractivity contribution in [1.82, 2.24) is 19.9 Å². The lowest BCUT2D eigenvalue weighted by Crippen LogP contribution is -2.28. The number of H-pyrrole nitrogens is 1. The molecule has 1 unspecified atom stereocenters. The molecule has 2 aromatic heterocycles. The summed E-state index contributed by atoms with van der Waals surface area (Å²) in [5.41, 5.74) is 0.637. The predicted octanol–water partition coefficient (Wildman–Crippen LogP) is 1.24. The number of carbonyl (C=O) groups excluding carboxylic acids is 1. The molecule has 0 spiro atoms. The molecule has 16 heavy (non-hydrogen) atoms. The van der Waals surface area contributed by atoms with Gasteiger partial charge >= 0.3 is 0 Å². The third-order valence-corrected chi connectivity index (χ3v) is 2.45. The SMILES string of the molecule is CC(NC(=O)c1cccn1C)c1ncc[nH]1. The second-order valence-electron chi connectivity index (χ2n) is 3.67. The molecule has 5 heteroatoms. The Balaban J connectivity index is 2.06. The lowest BCUT2D eigenvalue weighted by molar-refractivity contribution is 0.0930. The molecule has 5 nitrogen and oxygen atoms in total. The van der Waals surface area contributed by atoms with E-state index in [-0.39, 0.29) is 11.9 Å². The molecule has 0 aliphatic carbocycles. The van der Waals surface area contributed by atoms with Crippen LogP contribution in [-0.2, 0) is 7.05 Å². The summed E-state index contributed by atoms with van der Waals surface area (Å²) in [4.78, 5) is 18.9. The van der Waals surface area contributed by atoms with Gasteiger partial charge in [0.1, 0.15) is 11.5 Å². The van der Waals surface area contributed by atoms with Gasteiger partial charge < -0.3 is 14.9 Å².